The summed E-state index contributed by atoms with van der Waals surface area (Å²) in [5, 5.41) is 11.5. The summed E-state index contributed by atoms with van der Waals surface area (Å²) >= 11 is 5.83. The number of halogens is 2. The summed E-state index contributed by atoms with van der Waals surface area (Å²) in [6.45, 7) is 1.89. The van der Waals surface area contributed by atoms with E-state index in [9.17, 15) is 9.18 Å². The average molecular weight is 451 g/mol. The Morgan fingerprint density at radius 1 is 1.06 bits per heavy atom. The number of aryl methyl sites for hydroxylation is 2. The number of pyridine rings is 1. The van der Waals surface area contributed by atoms with Gasteiger partial charge in [0.2, 0.25) is 0 Å². The van der Waals surface area contributed by atoms with Crippen molar-refractivity contribution in [3.63, 3.8) is 0 Å². The van der Waals surface area contributed by atoms with Crippen molar-refractivity contribution in [3.05, 3.63) is 93.9 Å². The van der Waals surface area contributed by atoms with Crippen LogP contribution in [0.5, 0.6) is 0 Å². The van der Waals surface area contributed by atoms with Crippen LogP contribution < -0.4 is 5.32 Å². The van der Waals surface area contributed by atoms with Crippen molar-refractivity contribution in [1.29, 1.82) is 5.41 Å². The number of benzene rings is 2. The van der Waals surface area contributed by atoms with Gasteiger partial charge in [0.05, 0.1) is 5.02 Å². The molecule has 164 valence electrons. The van der Waals surface area contributed by atoms with Crippen LogP contribution in [0.1, 0.15) is 39.9 Å². The lowest BCUT2D eigenvalue weighted by molar-refractivity contribution is 0.102. The first kappa shape index (κ1) is 22.0. The molecule has 1 saturated heterocycles. The second-order valence-electron chi connectivity index (χ2n) is 7.86. The largest absolute Gasteiger partial charge is 0.357 e. The van der Waals surface area contributed by atoms with Gasteiger partial charge >= 0.3 is 0 Å². The van der Waals surface area contributed by atoms with Crippen LogP contribution in [0, 0.1) is 11.2 Å². The summed E-state index contributed by atoms with van der Waals surface area (Å²) in [7, 11) is 0. The topological polar surface area (TPSA) is 69.1 Å². The minimum Gasteiger partial charge on any atom is -0.357 e. The van der Waals surface area contributed by atoms with E-state index < -0.39 is 11.7 Å². The van der Waals surface area contributed by atoms with Crippen molar-refractivity contribution in [3.8, 4) is 0 Å². The van der Waals surface area contributed by atoms with Gasteiger partial charge in [0, 0.05) is 30.4 Å². The van der Waals surface area contributed by atoms with Crippen LogP contribution in [0.15, 0.2) is 60.8 Å². The van der Waals surface area contributed by atoms with Gasteiger partial charge in [-0.25, -0.2) is 9.37 Å². The van der Waals surface area contributed by atoms with Crippen molar-refractivity contribution < 1.29 is 9.18 Å². The SMILES string of the molecule is N=C(c1ccc(CCc2ccc(F)cc2C(=O)Nc2ccc(Cl)cn2)cc1)N1CCCC1. The Morgan fingerprint density at radius 2 is 1.81 bits per heavy atom. The molecule has 0 aliphatic carbocycles. The Labute approximate surface area is 191 Å². The van der Waals surface area contributed by atoms with Gasteiger partial charge in [0.15, 0.2) is 0 Å². The van der Waals surface area contributed by atoms with Gasteiger partial charge in [-0.1, -0.05) is 41.9 Å². The molecule has 1 aromatic heterocycles. The smallest absolute Gasteiger partial charge is 0.257 e. The van der Waals surface area contributed by atoms with Crippen LogP contribution in [-0.4, -0.2) is 34.7 Å². The third-order valence-electron chi connectivity index (χ3n) is 5.62. The van der Waals surface area contributed by atoms with E-state index >= 15 is 0 Å². The molecule has 1 amide bonds. The molecule has 3 aromatic rings. The van der Waals surface area contributed by atoms with E-state index in [4.69, 9.17) is 17.0 Å². The van der Waals surface area contributed by atoms with Crippen LogP contribution in [0.3, 0.4) is 0 Å². The Kier molecular flexibility index (Phi) is 6.81. The van der Waals surface area contributed by atoms with Crippen LogP contribution >= 0.6 is 11.6 Å². The second kappa shape index (κ2) is 9.92. The molecule has 32 heavy (non-hydrogen) atoms. The molecule has 1 aliphatic rings. The van der Waals surface area contributed by atoms with E-state index in [0.29, 0.717) is 29.5 Å². The molecule has 2 heterocycles. The number of amides is 1. The maximum atomic E-state index is 13.9. The van der Waals surface area contributed by atoms with Gasteiger partial charge in [0.25, 0.3) is 5.91 Å². The third-order valence-corrected chi connectivity index (χ3v) is 5.84. The lowest BCUT2D eigenvalue weighted by atomic mass is 9.98. The second-order valence-corrected chi connectivity index (χ2v) is 8.29. The Hall–Kier alpha value is -3.25. The number of likely N-dealkylation sites (tertiary alicyclic amines) is 1. The summed E-state index contributed by atoms with van der Waals surface area (Å²) in [4.78, 5) is 18.9. The lowest BCUT2D eigenvalue weighted by Gasteiger charge is -2.18. The first-order chi connectivity index (χ1) is 15.5. The first-order valence-corrected chi connectivity index (χ1v) is 11.0. The van der Waals surface area contributed by atoms with Crippen molar-refractivity contribution in [2.75, 3.05) is 18.4 Å². The van der Waals surface area contributed by atoms with Crippen molar-refractivity contribution in [2.45, 2.75) is 25.7 Å². The van der Waals surface area contributed by atoms with Gasteiger partial charge in [0.1, 0.15) is 17.5 Å². The molecule has 1 aliphatic heterocycles. The molecule has 0 spiro atoms. The molecule has 1 fully saturated rings. The highest BCUT2D eigenvalue weighted by Gasteiger charge is 2.17. The minimum atomic E-state index is -0.465. The van der Waals surface area contributed by atoms with Gasteiger partial charge < -0.3 is 10.2 Å². The molecular weight excluding hydrogens is 427 g/mol. The Morgan fingerprint density at radius 3 is 2.50 bits per heavy atom. The molecule has 0 bridgehead atoms. The molecule has 4 rings (SSSR count). The third kappa shape index (κ3) is 5.32. The number of rotatable bonds is 6. The number of nitrogens with zero attached hydrogens (tertiary/aromatic N) is 2. The standard InChI is InChI=1S/C25H24ClFN4O/c26-20-10-12-23(29-16-20)30-25(32)22-15-21(27)11-9-18(22)6-3-17-4-7-19(8-5-17)24(28)31-13-1-2-14-31/h4-5,7-12,15-16,28H,1-3,6,13-14H2,(H,29,30,32). The van der Waals surface area contributed by atoms with E-state index in [-0.39, 0.29) is 5.56 Å². The summed E-state index contributed by atoms with van der Waals surface area (Å²) in [5.74, 6) is 0.0458. The number of carbonyl (C=O) groups excluding carboxylic acids is 1. The molecule has 0 unspecified atom stereocenters. The highest BCUT2D eigenvalue weighted by atomic mass is 35.5. The Balaban J connectivity index is 1.43. The summed E-state index contributed by atoms with van der Waals surface area (Å²) in [6.07, 6.45) is 5.00. The van der Waals surface area contributed by atoms with Crippen molar-refractivity contribution in [2.24, 2.45) is 0 Å². The van der Waals surface area contributed by atoms with Crippen LogP contribution in [0.4, 0.5) is 10.2 Å². The van der Waals surface area contributed by atoms with E-state index in [1.54, 1.807) is 18.2 Å². The zero-order chi connectivity index (χ0) is 22.5. The number of aromatic nitrogens is 1. The quantitative estimate of drug-likeness (QED) is 0.394. The van der Waals surface area contributed by atoms with E-state index in [1.165, 1.54) is 18.3 Å². The highest BCUT2D eigenvalue weighted by molar-refractivity contribution is 6.30. The van der Waals surface area contributed by atoms with Crippen molar-refractivity contribution in [1.82, 2.24) is 9.88 Å². The molecule has 0 saturated carbocycles. The van der Waals surface area contributed by atoms with Gasteiger partial charge in [-0.05, 0) is 61.1 Å². The number of carbonyl (C=O) groups is 1. The van der Waals surface area contributed by atoms with E-state index in [1.807, 2.05) is 24.3 Å². The van der Waals surface area contributed by atoms with Crippen LogP contribution in [0.2, 0.25) is 5.02 Å². The molecule has 7 heteroatoms. The van der Waals surface area contributed by atoms with Crippen molar-refractivity contribution >= 4 is 29.2 Å². The molecule has 0 radical (unpaired) electrons. The zero-order valence-corrected chi connectivity index (χ0v) is 18.3. The predicted octanol–water partition coefficient (Wildman–Crippen LogP) is 5.33. The summed E-state index contributed by atoms with van der Waals surface area (Å²) < 4.78 is 13.9. The molecular formula is C25H24ClFN4O. The van der Waals surface area contributed by atoms with Gasteiger partial charge in [-0.2, -0.15) is 0 Å². The fourth-order valence-corrected chi connectivity index (χ4v) is 3.95. The first-order valence-electron chi connectivity index (χ1n) is 10.6. The van der Waals surface area contributed by atoms with Gasteiger partial charge in [-0.15, -0.1) is 0 Å². The number of hydrogen-bond acceptors (Lipinski definition) is 3. The minimum absolute atomic E-state index is 0.286. The van der Waals surface area contributed by atoms with Crippen LogP contribution in [0.25, 0.3) is 0 Å². The highest BCUT2D eigenvalue weighted by Crippen LogP contribution is 2.19. The molecule has 5 nitrogen and oxygen atoms in total. The normalized spacial score (nSPS) is 13.2. The van der Waals surface area contributed by atoms with E-state index in [0.717, 1.165) is 42.6 Å². The summed E-state index contributed by atoms with van der Waals surface area (Å²) in [5.41, 5.74) is 3.05. The monoisotopic (exact) mass is 450 g/mol. The maximum absolute atomic E-state index is 13.9. The zero-order valence-electron chi connectivity index (χ0n) is 17.6. The number of amidine groups is 1. The fourth-order valence-electron chi connectivity index (χ4n) is 3.84. The van der Waals surface area contributed by atoms with Gasteiger partial charge in [-0.3, -0.25) is 10.2 Å². The summed E-state index contributed by atoms with van der Waals surface area (Å²) in [6, 6.07) is 15.5. The average Bonchev–Trinajstić information content (AvgIpc) is 3.34. The fraction of sp³-hybridized carbons (Fsp3) is 0.240. The van der Waals surface area contributed by atoms with Crippen LogP contribution in [-0.2, 0) is 12.8 Å². The lowest BCUT2D eigenvalue weighted by Crippen LogP contribution is -2.27. The molecule has 2 N–H and O–H groups in total. The predicted molar refractivity (Wildman–Crippen MR) is 125 cm³/mol. The molecule has 0 atom stereocenters. The number of nitrogens with one attached hydrogen (secondary N) is 2. The maximum Gasteiger partial charge on any atom is 0.257 e. The Bertz CT molecular complexity index is 1110. The van der Waals surface area contributed by atoms with E-state index in [2.05, 4.69) is 15.2 Å². The molecule has 2 aromatic carbocycles. The number of anilines is 1. The number of hydrogen-bond donors (Lipinski definition) is 2.